The minimum atomic E-state index is -2.49. The van der Waals surface area contributed by atoms with Gasteiger partial charge in [-0.3, -0.25) is 4.90 Å². The third-order valence-corrected chi connectivity index (χ3v) is 5.80. The van der Waals surface area contributed by atoms with Gasteiger partial charge in [0.1, 0.15) is 0 Å². The Balaban J connectivity index is 2.08. The zero-order valence-electron chi connectivity index (χ0n) is 8.21. The Kier molecular flexibility index (Phi) is 3.81. The van der Waals surface area contributed by atoms with Crippen molar-refractivity contribution < 1.29 is 13.3 Å². The van der Waals surface area contributed by atoms with Crippen molar-refractivity contribution in [3.63, 3.8) is 0 Å². The van der Waals surface area contributed by atoms with Crippen LogP contribution in [0.4, 0.5) is 0 Å². The summed E-state index contributed by atoms with van der Waals surface area (Å²) in [4.78, 5) is 2.35. The molecule has 4 nitrogen and oxygen atoms in total. The molecule has 0 aromatic carbocycles. The van der Waals surface area contributed by atoms with Crippen molar-refractivity contribution in [2.24, 2.45) is 0 Å². The smallest absolute Gasteiger partial charge is 0.373 e. The van der Waals surface area contributed by atoms with Crippen molar-refractivity contribution in [2.45, 2.75) is 6.42 Å². The van der Waals surface area contributed by atoms with E-state index in [2.05, 4.69) is 4.90 Å². The fraction of sp³-hybridized carbons (Fsp3) is 1.00. The Bertz CT molecular complexity index is 180. The monoisotopic (exact) mass is 237 g/mol. The van der Waals surface area contributed by atoms with Crippen molar-refractivity contribution in [1.82, 2.24) is 4.90 Å². The summed E-state index contributed by atoms with van der Waals surface area (Å²) in [6, 6.07) is 0. The topological polar surface area (TPSA) is 30.9 Å². The highest BCUT2D eigenvalue weighted by Crippen LogP contribution is 2.16. The van der Waals surface area contributed by atoms with E-state index in [0.717, 1.165) is 26.1 Å². The molecule has 0 radical (unpaired) electrons. The van der Waals surface area contributed by atoms with Gasteiger partial charge in [0.25, 0.3) is 0 Å². The van der Waals surface area contributed by atoms with Gasteiger partial charge in [0, 0.05) is 26.2 Å². The molecule has 0 amide bonds. The quantitative estimate of drug-likeness (QED) is 0.490. The fourth-order valence-corrected chi connectivity index (χ4v) is 4.19. The summed E-state index contributed by atoms with van der Waals surface area (Å²) in [5.41, 5.74) is 0.368. The summed E-state index contributed by atoms with van der Waals surface area (Å²) >= 11 is 5.89. The van der Waals surface area contributed by atoms with Gasteiger partial charge >= 0.3 is 8.80 Å². The Morgan fingerprint density at radius 2 is 1.64 bits per heavy atom. The van der Waals surface area contributed by atoms with Gasteiger partial charge < -0.3 is 13.3 Å². The third kappa shape index (κ3) is 2.47. The van der Waals surface area contributed by atoms with Crippen LogP contribution in [0.5, 0.6) is 0 Å². The Morgan fingerprint density at radius 1 is 1.00 bits per heavy atom. The maximum Gasteiger partial charge on any atom is 0.516 e. The first-order chi connectivity index (χ1) is 6.85. The molecule has 0 unspecified atom stereocenters. The van der Waals surface area contributed by atoms with Crippen LogP contribution in [0.15, 0.2) is 0 Å². The molecule has 3 rings (SSSR count). The minimum Gasteiger partial charge on any atom is -0.373 e. The van der Waals surface area contributed by atoms with Gasteiger partial charge in [0.15, 0.2) is 0 Å². The van der Waals surface area contributed by atoms with E-state index in [1.165, 1.54) is 0 Å². The van der Waals surface area contributed by atoms with Gasteiger partial charge in [-0.15, -0.1) is 11.6 Å². The lowest BCUT2D eigenvalue weighted by Gasteiger charge is -2.30. The molecule has 0 spiro atoms. The van der Waals surface area contributed by atoms with Crippen molar-refractivity contribution in [3.8, 4) is 0 Å². The second kappa shape index (κ2) is 4.91. The molecule has 0 atom stereocenters. The molecule has 0 saturated carbocycles. The third-order valence-electron chi connectivity index (χ3n) is 2.56. The highest BCUT2D eigenvalue weighted by molar-refractivity contribution is 6.69. The molecule has 82 valence electrons. The number of fused-ring (bicyclic) bond motifs is 7. The maximum atomic E-state index is 5.89. The number of hydrogen-bond acceptors (Lipinski definition) is 4. The molecule has 14 heavy (non-hydrogen) atoms. The number of nitrogens with zero attached hydrogens (tertiary/aromatic N) is 1. The van der Waals surface area contributed by atoms with Gasteiger partial charge in [0.2, 0.25) is 0 Å². The SMILES string of the molecule is ClC[Si]12OCCCN(CCO1)CCO2. The highest BCUT2D eigenvalue weighted by Gasteiger charge is 2.42. The van der Waals surface area contributed by atoms with Crippen molar-refractivity contribution >= 4 is 20.4 Å². The maximum absolute atomic E-state index is 5.89. The first kappa shape index (κ1) is 10.9. The Morgan fingerprint density at radius 3 is 2.29 bits per heavy atom. The highest BCUT2D eigenvalue weighted by atomic mass is 35.5. The molecule has 0 aromatic rings. The van der Waals surface area contributed by atoms with Gasteiger partial charge in [-0.2, -0.15) is 0 Å². The van der Waals surface area contributed by atoms with E-state index in [9.17, 15) is 0 Å². The zero-order valence-corrected chi connectivity index (χ0v) is 9.96. The molecule has 3 aliphatic heterocycles. The Labute approximate surface area is 90.4 Å². The summed E-state index contributed by atoms with van der Waals surface area (Å²) in [6.07, 6.45) is 1.04. The molecule has 3 fully saturated rings. The Hall–Kier alpha value is 0.347. The largest absolute Gasteiger partial charge is 0.516 e. The molecule has 3 saturated heterocycles. The molecule has 0 aliphatic carbocycles. The summed E-state index contributed by atoms with van der Waals surface area (Å²) in [6.45, 7) is 5.07. The number of alkyl halides is 1. The van der Waals surface area contributed by atoms with Crippen LogP contribution in [0, 0.1) is 0 Å². The first-order valence-electron chi connectivity index (χ1n) is 5.05. The summed E-state index contributed by atoms with van der Waals surface area (Å²) < 4.78 is 17.1. The second-order valence-electron chi connectivity index (χ2n) is 3.56. The molecule has 6 heteroatoms. The van der Waals surface area contributed by atoms with E-state index >= 15 is 0 Å². The number of rotatable bonds is 1. The average molecular weight is 238 g/mol. The van der Waals surface area contributed by atoms with E-state index in [0.29, 0.717) is 25.3 Å². The number of halogens is 1. The molecular formula is C8H16ClNO3Si. The second-order valence-corrected chi connectivity index (χ2v) is 6.86. The molecule has 0 N–H and O–H groups in total. The lowest BCUT2D eigenvalue weighted by molar-refractivity contribution is 0.0459. The van der Waals surface area contributed by atoms with Crippen LogP contribution in [0.25, 0.3) is 0 Å². The average Bonchev–Trinajstić information content (AvgIpc) is 2.32. The van der Waals surface area contributed by atoms with E-state index in [-0.39, 0.29) is 0 Å². The summed E-state index contributed by atoms with van der Waals surface area (Å²) in [5.74, 6) is 0. The van der Waals surface area contributed by atoms with E-state index < -0.39 is 8.80 Å². The van der Waals surface area contributed by atoms with Crippen molar-refractivity contribution in [1.29, 1.82) is 0 Å². The van der Waals surface area contributed by atoms with E-state index in [4.69, 9.17) is 24.9 Å². The van der Waals surface area contributed by atoms with E-state index in [1.54, 1.807) is 0 Å². The first-order valence-corrected chi connectivity index (χ1v) is 7.51. The lowest BCUT2D eigenvalue weighted by Crippen LogP contribution is -2.51. The number of hydrogen-bond donors (Lipinski definition) is 0. The van der Waals surface area contributed by atoms with Gasteiger partial charge in [-0.1, -0.05) is 0 Å². The minimum absolute atomic E-state index is 0.368. The molecular weight excluding hydrogens is 222 g/mol. The summed E-state index contributed by atoms with van der Waals surface area (Å²) in [7, 11) is -2.49. The van der Waals surface area contributed by atoms with Crippen LogP contribution in [0.2, 0.25) is 0 Å². The van der Waals surface area contributed by atoms with Crippen LogP contribution < -0.4 is 0 Å². The zero-order chi connectivity index (χ0) is 9.86. The van der Waals surface area contributed by atoms with Gasteiger partial charge in [-0.25, -0.2) is 0 Å². The fourth-order valence-electron chi connectivity index (χ4n) is 1.75. The van der Waals surface area contributed by atoms with Crippen LogP contribution in [-0.4, -0.2) is 58.7 Å². The lowest BCUT2D eigenvalue weighted by atomic mass is 10.4. The van der Waals surface area contributed by atoms with E-state index in [1.807, 2.05) is 0 Å². The standard InChI is InChI=1S/C8H16ClNO3Si/c9-8-14-11-5-1-2-10(3-6-12-14)4-7-13-14/h1-8H2. The molecule has 0 aromatic heterocycles. The van der Waals surface area contributed by atoms with Crippen LogP contribution in [-0.2, 0) is 13.3 Å². The van der Waals surface area contributed by atoms with Crippen molar-refractivity contribution in [2.75, 3.05) is 45.0 Å². The normalized spacial score (nSPS) is 39.6. The van der Waals surface area contributed by atoms with Gasteiger partial charge in [-0.05, 0) is 6.42 Å². The van der Waals surface area contributed by atoms with Crippen LogP contribution in [0.3, 0.4) is 0 Å². The predicted molar refractivity (Wildman–Crippen MR) is 55.4 cm³/mol. The molecule has 3 heterocycles. The molecule has 2 bridgehead atoms. The molecule has 3 aliphatic rings. The van der Waals surface area contributed by atoms with Crippen LogP contribution >= 0.6 is 11.6 Å². The predicted octanol–water partition coefficient (Wildman–Crippen LogP) is 0.472. The van der Waals surface area contributed by atoms with Crippen molar-refractivity contribution in [3.05, 3.63) is 0 Å². The summed E-state index contributed by atoms with van der Waals surface area (Å²) in [5, 5.41) is 0. The van der Waals surface area contributed by atoms with Crippen LogP contribution in [0.1, 0.15) is 6.42 Å². The van der Waals surface area contributed by atoms with Gasteiger partial charge in [0.05, 0.1) is 18.7 Å².